The van der Waals surface area contributed by atoms with Gasteiger partial charge in [-0.25, -0.2) is 5.90 Å². The Bertz CT molecular complexity index is 384. The Morgan fingerprint density at radius 3 is 2.56 bits per heavy atom. The molecule has 7 heteroatoms. The molecule has 4 N–H and O–H groups in total. The summed E-state index contributed by atoms with van der Waals surface area (Å²) in [6.07, 6.45) is 1.47. The van der Waals surface area contributed by atoms with E-state index in [1.807, 2.05) is 0 Å². The molecule has 1 aromatic rings. The van der Waals surface area contributed by atoms with Crippen molar-refractivity contribution < 1.29 is 14.4 Å². The van der Waals surface area contributed by atoms with E-state index in [9.17, 15) is 9.59 Å². The predicted octanol–water partition coefficient (Wildman–Crippen LogP) is 0.0607. The Kier molecular flexibility index (Phi) is 6.17. The van der Waals surface area contributed by atoms with Crippen LogP contribution in [-0.4, -0.2) is 18.4 Å². The van der Waals surface area contributed by atoms with Gasteiger partial charge in [-0.15, -0.1) is 0 Å². The topological polar surface area (TPSA) is 93.5 Å². The van der Waals surface area contributed by atoms with Gasteiger partial charge in [-0.2, -0.15) is 6.41 Å². The largest absolute Gasteiger partial charge is 0.520 e. The van der Waals surface area contributed by atoms with Gasteiger partial charge in [0.25, 0.3) is 0 Å². The predicted molar refractivity (Wildman–Crippen MR) is 62.3 cm³/mol. The Hall–Kier alpha value is -2.92. The molecule has 0 aliphatic carbocycles. The van der Waals surface area contributed by atoms with Crippen LogP contribution in [0.15, 0.2) is 24.3 Å². The second-order valence-corrected chi connectivity index (χ2v) is 3.47. The molecule has 0 unspecified atom stereocenters. The summed E-state index contributed by atoms with van der Waals surface area (Å²) in [5.74, 6) is 4.63. The van der Waals surface area contributed by atoms with E-state index >= 15 is 0 Å². The first-order valence-electron chi connectivity index (χ1n) is 5.01. The van der Waals surface area contributed by atoms with E-state index in [4.69, 9.17) is 5.90 Å². The van der Waals surface area contributed by atoms with E-state index in [-0.39, 0.29) is 5.91 Å². The molecule has 0 aromatic heterocycles. The van der Waals surface area contributed by atoms with Crippen LogP contribution in [0.3, 0.4) is 0 Å². The van der Waals surface area contributed by atoms with Crippen LogP contribution in [0, 0.1) is 0 Å². The molecular formula is C11H14FmN3O3-. The molecule has 1 atom stereocenters. The smallest absolute Gasteiger partial charge is 0.243 e. The van der Waals surface area contributed by atoms with Gasteiger partial charge in [0.1, 0.15) is 0 Å². The minimum Gasteiger partial charge on any atom is -0.520 e. The van der Waals surface area contributed by atoms with E-state index in [1.54, 1.807) is 31.2 Å². The Morgan fingerprint density at radius 2 is 2.06 bits per heavy atom. The van der Waals surface area contributed by atoms with Crippen molar-refractivity contribution in [1.82, 2.24) is 5.32 Å². The molecule has 6 nitrogen and oxygen atoms in total. The summed E-state index contributed by atoms with van der Waals surface area (Å²) in [6.45, 7) is 1.88. The number of nitrogens with two attached hydrogens (primary N) is 1. The number of hydrogen-bond acceptors (Lipinski definition) is 4. The molecule has 0 aliphatic heterocycles. The third-order valence-corrected chi connectivity index (χ3v) is 2.14. The summed E-state index contributed by atoms with van der Waals surface area (Å²) in [6, 6.07) is 6.39. The summed E-state index contributed by atoms with van der Waals surface area (Å²) in [5.41, 5.74) is 1.54. The van der Waals surface area contributed by atoms with Crippen molar-refractivity contribution in [3.05, 3.63) is 29.8 Å². The number of hydrogen-bond donors (Lipinski definition) is 3. The van der Waals surface area contributed by atoms with Crippen molar-refractivity contribution in [1.29, 1.82) is 0 Å². The van der Waals surface area contributed by atoms with E-state index in [0.717, 1.165) is 5.56 Å². The Labute approximate surface area is 99.1 Å². The summed E-state index contributed by atoms with van der Waals surface area (Å²) in [7, 11) is 0. The third kappa shape index (κ3) is 4.30. The number of carbonyl (C=O) groups excluding carboxylic acids is 2. The molecule has 18 heavy (non-hydrogen) atoms. The zero-order chi connectivity index (χ0) is 12.7. The van der Waals surface area contributed by atoms with Gasteiger partial charge in [0, 0.05) is 5.69 Å². The van der Waals surface area contributed by atoms with Crippen LogP contribution in [0.25, 0.3) is 0 Å². The maximum absolute atomic E-state index is 11.5. The normalized spacial score (nSPS) is 11.0. The fourth-order valence-corrected chi connectivity index (χ4v) is 1.18. The van der Waals surface area contributed by atoms with E-state index in [1.165, 1.54) is 6.41 Å². The first kappa shape index (κ1) is 15.1. The zero-order valence-corrected chi connectivity index (χ0v) is 12.1. The van der Waals surface area contributed by atoms with Crippen LogP contribution in [0.5, 0.6) is 0 Å². The van der Waals surface area contributed by atoms with Crippen LogP contribution in [0.2, 0.25) is 0 Å². The quantitative estimate of drug-likeness (QED) is 0.297. The van der Waals surface area contributed by atoms with E-state index < -0.39 is 6.04 Å². The SMILES string of the molecule is C[C@H](N[C-]=O)C(=O)Nc1ccc(CON)cc1.[Fm]. The second-order valence-electron chi connectivity index (χ2n) is 3.47. The van der Waals surface area contributed by atoms with Crippen molar-refractivity contribution in [2.75, 3.05) is 5.32 Å². The Balaban J connectivity index is 0.00000289. The third-order valence-electron chi connectivity index (χ3n) is 2.14. The molecule has 2 amide bonds. The van der Waals surface area contributed by atoms with Gasteiger partial charge in [-0.3, -0.25) is 9.63 Å². The minimum absolute atomic E-state index is 0. The number of anilines is 1. The maximum atomic E-state index is 11.5. The van der Waals surface area contributed by atoms with Crippen molar-refractivity contribution >= 4 is 18.0 Å². The number of benzene rings is 1. The molecule has 104 valence electrons. The van der Waals surface area contributed by atoms with Gasteiger partial charge >= 0.3 is 0 Å². The summed E-state index contributed by atoms with van der Waals surface area (Å²) < 4.78 is 0. The summed E-state index contributed by atoms with van der Waals surface area (Å²) >= 11 is 0. The number of carbonyl (C=O) groups is 1. The van der Waals surface area contributed by atoms with Crippen molar-refractivity contribution in [3.63, 3.8) is 0 Å². The molecule has 0 saturated heterocycles. The minimum atomic E-state index is -0.625. The standard InChI is InChI=1S/C11H14N3O3.Fm/c1-8(13-7-15)11(16)14-10-4-2-9(3-5-10)6-17-12;/h2-5,8H,6,12H2,1H3,(H,13,15)(H,14,16);/q-1;/t8-;/m0./s1. The molecule has 0 radical (unpaired) electrons. The Morgan fingerprint density at radius 1 is 1.44 bits per heavy atom. The molecule has 0 bridgehead atoms. The number of rotatable bonds is 6. The van der Waals surface area contributed by atoms with Crippen molar-refractivity contribution in [2.45, 2.75) is 19.6 Å². The maximum Gasteiger partial charge on any atom is 0.243 e. The number of amides is 2. The van der Waals surface area contributed by atoms with Gasteiger partial charge in [-0.05, 0) is 24.6 Å². The van der Waals surface area contributed by atoms with Crippen LogP contribution in [-0.2, 0) is 21.0 Å². The molecule has 1 aromatic carbocycles. The van der Waals surface area contributed by atoms with E-state index in [0.29, 0.717) is 12.3 Å². The second kappa shape index (κ2) is 7.37. The first-order chi connectivity index (χ1) is 8.17. The van der Waals surface area contributed by atoms with Gasteiger partial charge in [-0.1, -0.05) is 12.1 Å². The van der Waals surface area contributed by atoms with Gasteiger partial charge in [0.05, 0.1) is 12.6 Å². The average molecular weight is 493 g/mol. The molecule has 0 aliphatic rings. The molecule has 0 spiro atoms. The summed E-state index contributed by atoms with van der Waals surface area (Å²) in [4.78, 5) is 26.0. The van der Waals surface area contributed by atoms with Crippen LogP contribution in [0.1, 0.15) is 12.5 Å². The molecule has 1 rings (SSSR count). The molecule has 0 saturated carbocycles. The van der Waals surface area contributed by atoms with Gasteiger partial charge in [0.15, 0.2) is 0 Å². The van der Waals surface area contributed by atoms with E-state index in [2.05, 4.69) is 15.5 Å². The van der Waals surface area contributed by atoms with Crippen molar-refractivity contribution in [3.8, 4) is 0 Å². The van der Waals surface area contributed by atoms with Gasteiger partial charge in [0.2, 0.25) is 5.91 Å². The molecule has 0 heterocycles. The molecule has 0 fully saturated rings. The number of nitrogens with one attached hydrogen (secondary N) is 2. The monoisotopic (exact) mass is 493 g/mol. The van der Waals surface area contributed by atoms with Gasteiger partial charge < -0.3 is 15.4 Å². The van der Waals surface area contributed by atoms with Crippen LogP contribution in [0.4, 0.5) is 5.69 Å². The van der Waals surface area contributed by atoms with Crippen LogP contribution >= 0.6 is 0 Å². The van der Waals surface area contributed by atoms with Crippen LogP contribution < -0.4 is 16.5 Å². The average Bonchev–Trinajstić information content (AvgIpc) is 2.32. The molecular weight excluding hydrogens is 479 g/mol. The fraction of sp³-hybridized carbons (Fsp3) is 0.273. The first-order valence-corrected chi connectivity index (χ1v) is 5.01. The zero-order valence-electron chi connectivity index (χ0n) is 9.68. The van der Waals surface area contributed by atoms with Crippen molar-refractivity contribution in [2.24, 2.45) is 5.90 Å². The fourth-order valence-electron chi connectivity index (χ4n) is 1.18. The summed E-state index contributed by atoms with van der Waals surface area (Å²) in [5, 5.41) is 4.89.